The van der Waals surface area contributed by atoms with Crippen LogP contribution in [0, 0.1) is 11.8 Å². The predicted octanol–water partition coefficient (Wildman–Crippen LogP) is 7.18. The summed E-state index contributed by atoms with van der Waals surface area (Å²) in [6.07, 6.45) is -5.63. The summed E-state index contributed by atoms with van der Waals surface area (Å²) in [5.74, 6) is -1.53. The molecule has 4 aromatic rings. The Balaban J connectivity index is 0.000000200. The van der Waals surface area contributed by atoms with Crippen molar-refractivity contribution in [3.63, 3.8) is 0 Å². The van der Waals surface area contributed by atoms with Crippen molar-refractivity contribution in [1.82, 2.24) is 19.1 Å². The molecule has 0 spiro atoms. The number of aromatic nitrogens is 4. The van der Waals surface area contributed by atoms with Crippen LogP contribution in [0.15, 0.2) is 36.4 Å². The van der Waals surface area contributed by atoms with Crippen molar-refractivity contribution < 1.29 is 44.2 Å². The molecule has 1 N–H and O–H groups in total. The molecule has 0 aliphatic carbocycles. The van der Waals surface area contributed by atoms with Crippen LogP contribution in [0.1, 0.15) is 50.7 Å². The van der Waals surface area contributed by atoms with Crippen LogP contribution in [0.3, 0.4) is 0 Å². The van der Waals surface area contributed by atoms with Crippen molar-refractivity contribution in [3.05, 3.63) is 48.0 Å². The first-order valence-corrected chi connectivity index (χ1v) is 18.2. The normalized spacial score (nSPS) is 16.8. The van der Waals surface area contributed by atoms with E-state index in [0.29, 0.717) is 74.5 Å². The highest BCUT2D eigenvalue weighted by atomic mass is 32.2. The van der Waals surface area contributed by atoms with Gasteiger partial charge >= 0.3 is 12.4 Å². The zero-order chi connectivity index (χ0) is 36.3. The zero-order valence-electron chi connectivity index (χ0n) is 28.1. The van der Waals surface area contributed by atoms with Crippen molar-refractivity contribution in [3.8, 4) is 0 Å². The van der Waals surface area contributed by atoms with E-state index >= 15 is 0 Å². The third kappa shape index (κ3) is 8.65. The maximum atomic E-state index is 13.6. The van der Waals surface area contributed by atoms with Gasteiger partial charge in [-0.2, -0.15) is 26.3 Å². The summed E-state index contributed by atoms with van der Waals surface area (Å²) < 4.78 is 119. The molecule has 10 nitrogen and oxygen atoms in total. The number of rotatable bonds is 9. The average molecular weight is 733 g/mol. The number of ether oxygens (including phenoxy) is 2. The Kier molecular flexibility index (Phi) is 11.6. The number of hydrogen-bond acceptors (Lipinski definition) is 7. The minimum absolute atomic E-state index is 0.0342. The molecule has 0 radical (unpaired) electrons. The summed E-state index contributed by atoms with van der Waals surface area (Å²) >= 11 is 0. The highest BCUT2D eigenvalue weighted by Gasteiger charge is 2.39. The zero-order valence-corrected chi connectivity index (χ0v) is 29.0. The van der Waals surface area contributed by atoms with Crippen molar-refractivity contribution in [2.45, 2.75) is 64.5 Å². The molecule has 2 fully saturated rings. The second kappa shape index (κ2) is 15.4. The number of imidazole rings is 2. The monoisotopic (exact) mass is 732 g/mol. The Labute approximate surface area is 286 Å². The van der Waals surface area contributed by atoms with Crippen LogP contribution < -0.4 is 9.62 Å². The van der Waals surface area contributed by atoms with Crippen LogP contribution in [-0.2, 0) is 44.9 Å². The standard InChI is InChI=1S/C18H24F3N3O3S.C15H18F3N3O/c1-3-10-28(25,26)23(2)14-4-5-16-15(11-14)22-17(18(19,20)21)24(16)12-13-6-8-27-9-7-13;1-19-11-2-3-13-12(8-11)20-14(15(16,17)18)21(13)9-10-4-6-22-7-5-10/h4-5,11,13H,3,6-10,12H2,1-2H3;2-3,8,10,19H,4-7,9H2,1H3. The molecule has 2 aliphatic heterocycles. The fraction of sp³-hybridized carbons (Fsp3) is 0.576. The van der Waals surface area contributed by atoms with Crippen molar-refractivity contribution in [1.29, 1.82) is 0 Å². The third-order valence-corrected chi connectivity index (χ3v) is 11.1. The Morgan fingerprint density at radius 1 is 0.800 bits per heavy atom. The van der Waals surface area contributed by atoms with Crippen molar-refractivity contribution in [2.75, 3.05) is 55.9 Å². The van der Waals surface area contributed by atoms with E-state index < -0.39 is 34.0 Å². The number of hydrogen-bond donors (Lipinski definition) is 1. The van der Waals surface area contributed by atoms with Gasteiger partial charge in [0.15, 0.2) is 0 Å². The van der Waals surface area contributed by atoms with Crippen LogP contribution in [0.25, 0.3) is 22.1 Å². The molecule has 2 aliphatic rings. The number of nitrogens with zero attached hydrogens (tertiary/aromatic N) is 5. The van der Waals surface area contributed by atoms with E-state index in [1.165, 1.54) is 34.4 Å². The fourth-order valence-corrected chi connectivity index (χ4v) is 7.56. The average Bonchev–Trinajstić information content (AvgIpc) is 3.63. The number of fused-ring (bicyclic) bond motifs is 2. The maximum Gasteiger partial charge on any atom is 0.449 e. The van der Waals surface area contributed by atoms with E-state index in [9.17, 15) is 34.8 Å². The summed E-state index contributed by atoms with van der Waals surface area (Å²) in [6.45, 7) is 4.60. The topological polar surface area (TPSA) is 104 Å². The maximum absolute atomic E-state index is 13.6. The minimum Gasteiger partial charge on any atom is -0.388 e. The lowest BCUT2D eigenvalue weighted by Gasteiger charge is -2.24. The Bertz CT molecular complexity index is 1860. The van der Waals surface area contributed by atoms with Gasteiger partial charge in [0.1, 0.15) is 0 Å². The Morgan fingerprint density at radius 2 is 1.26 bits per heavy atom. The molecule has 0 atom stereocenters. The van der Waals surface area contributed by atoms with Crippen molar-refractivity contribution in [2.24, 2.45) is 11.8 Å². The van der Waals surface area contributed by atoms with Gasteiger partial charge in [-0.15, -0.1) is 0 Å². The van der Waals surface area contributed by atoms with Gasteiger partial charge in [-0.3, -0.25) is 4.31 Å². The summed E-state index contributed by atoms with van der Waals surface area (Å²) in [6, 6.07) is 9.55. The third-order valence-electron chi connectivity index (χ3n) is 9.08. The second-order valence-electron chi connectivity index (χ2n) is 12.6. The van der Waals surface area contributed by atoms with Gasteiger partial charge in [0.2, 0.25) is 21.7 Å². The SMILES string of the molecule is CCCS(=O)(=O)N(C)c1ccc2c(c1)nc(C(F)(F)F)n2CC1CCOCC1.CNc1ccc2c(c1)nc(C(F)(F)F)n2CC1CCOCC1. The lowest BCUT2D eigenvalue weighted by Crippen LogP contribution is -2.28. The van der Waals surface area contributed by atoms with E-state index in [1.807, 2.05) is 0 Å². The molecule has 2 aromatic carbocycles. The lowest BCUT2D eigenvalue weighted by molar-refractivity contribution is -0.148. The molecule has 0 amide bonds. The molecule has 0 bridgehead atoms. The highest BCUT2D eigenvalue weighted by Crippen LogP contribution is 2.36. The number of anilines is 2. The Morgan fingerprint density at radius 3 is 1.70 bits per heavy atom. The van der Waals surface area contributed by atoms with E-state index in [0.717, 1.165) is 22.8 Å². The first kappa shape index (κ1) is 37.7. The smallest absolute Gasteiger partial charge is 0.388 e. The summed E-state index contributed by atoms with van der Waals surface area (Å²) in [5, 5.41) is 2.92. The van der Waals surface area contributed by atoms with E-state index in [4.69, 9.17) is 9.47 Å². The first-order valence-electron chi connectivity index (χ1n) is 16.6. The van der Waals surface area contributed by atoms with Gasteiger partial charge in [0, 0.05) is 59.3 Å². The molecule has 17 heteroatoms. The van der Waals surface area contributed by atoms with Crippen LogP contribution in [0.5, 0.6) is 0 Å². The van der Waals surface area contributed by atoms with Crippen LogP contribution >= 0.6 is 0 Å². The molecule has 0 unspecified atom stereocenters. The molecule has 6 rings (SSSR count). The number of benzene rings is 2. The van der Waals surface area contributed by atoms with Gasteiger partial charge in [-0.05, 0) is 80.3 Å². The lowest BCUT2D eigenvalue weighted by atomic mass is 10.0. The predicted molar refractivity (Wildman–Crippen MR) is 179 cm³/mol. The summed E-state index contributed by atoms with van der Waals surface area (Å²) in [5.41, 5.74) is 2.42. The molecule has 2 saturated heterocycles. The number of alkyl halides is 6. The molecule has 50 heavy (non-hydrogen) atoms. The first-order chi connectivity index (χ1) is 23.6. The molecule has 276 valence electrons. The van der Waals surface area contributed by atoms with E-state index in [-0.39, 0.29) is 29.7 Å². The van der Waals surface area contributed by atoms with Gasteiger partial charge in [-0.25, -0.2) is 18.4 Å². The fourth-order valence-electron chi connectivity index (χ4n) is 6.33. The Hall–Kier alpha value is -3.57. The minimum atomic E-state index is -4.59. The van der Waals surface area contributed by atoms with E-state index in [1.54, 1.807) is 32.2 Å². The van der Waals surface area contributed by atoms with Gasteiger partial charge in [0.05, 0.1) is 33.5 Å². The summed E-state index contributed by atoms with van der Waals surface area (Å²) in [4.78, 5) is 7.63. The van der Waals surface area contributed by atoms with Crippen LogP contribution in [0.2, 0.25) is 0 Å². The van der Waals surface area contributed by atoms with Gasteiger partial charge in [-0.1, -0.05) is 6.92 Å². The van der Waals surface area contributed by atoms with E-state index in [2.05, 4.69) is 15.3 Å². The number of nitrogens with one attached hydrogen (secondary N) is 1. The second-order valence-corrected chi connectivity index (χ2v) is 14.7. The largest absolute Gasteiger partial charge is 0.449 e. The van der Waals surface area contributed by atoms with Gasteiger partial charge < -0.3 is 23.9 Å². The molecule has 4 heterocycles. The van der Waals surface area contributed by atoms with Gasteiger partial charge in [0.25, 0.3) is 0 Å². The number of sulfonamides is 1. The summed E-state index contributed by atoms with van der Waals surface area (Å²) in [7, 11) is -0.398. The van der Waals surface area contributed by atoms with Crippen LogP contribution in [-0.4, -0.2) is 73.8 Å². The molecular formula is C33H42F6N6O4S. The van der Waals surface area contributed by atoms with Crippen molar-refractivity contribution >= 4 is 43.5 Å². The molecule has 2 aromatic heterocycles. The molecular weight excluding hydrogens is 690 g/mol. The molecule has 0 saturated carbocycles. The quantitative estimate of drug-likeness (QED) is 0.182. The van der Waals surface area contributed by atoms with Crippen LogP contribution in [0.4, 0.5) is 37.7 Å². The highest BCUT2D eigenvalue weighted by molar-refractivity contribution is 7.92. The number of halogens is 6.